The van der Waals surface area contributed by atoms with Crippen molar-refractivity contribution in [1.29, 1.82) is 0 Å². The number of aliphatic imine (C=N–C) groups is 2. The van der Waals surface area contributed by atoms with Gasteiger partial charge in [0.1, 0.15) is 29.3 Å². The largest absolute Gasteiger partial charge is 0.370 e. The lowest BCUT2D eigenvalue weighted by atomic mass is 10.2. The predicted molar refractivity (Wildman–Crippen MR) is 222 cm³/mol. The Balaban J connectivity index is 0.00000111. The number of aromatic nitrogens is 2. The first-order valence-electron chi connectivity index (χ1n) is 17.6. The molecule has 0 aliphatic rings. The molecule has 0 aliphatic carbocycles. The van der Waals surface area contributed by atoms with E-state index in [1.165, 1.54) is 35.7 Å². The molecular formula is C35H50F2N14O4S2. The molecule has 0 spiro atoms. The van der Waals surface area contributed by atoms with Gasteiger partial charge in [0.25, 0.3) is 11.8 Å². The van der Waals surface area contributed by atoms with Gasteiger partial charge in [-0.15, -0.1) is 23.5 Å². The van der Waals surface area contributed by atoms with Crippen LogP contribution >= 0.6 is 23.5 Å². The molecule has 0 atom stereocenters. The van der Waals surface area contributed by atoms with Crippen molar-refractivity contribution >= 4 is 76.1 Å². The van der Waals surface area contributed by atoms with Gasteiger partial charge in [-0.1, -0.05) is 0 Å². The maximum atomic E-state index is 14.8. The molecule has 57 heavy (non-hydrogen) atoms. The molecule has 1 aromatic heterocycles. The van der Waals surface area contributed by atoms with Gasteiger partial charge in [-0.25, -0.2) is 18.7 Å². The lowest BCUT2D eigenvalue weighted by molar-refractivity contribution is -0.120. The van der Waals surface area contributed by atoms with Crippen LogP contribution in [0.4, 0.5) is 25.8 Å². The summed E-state index contributed by atoms with van der Waals surface area (Å²) in [5.41, 5.74) is 32.1. The van der Waals surface area contributed by atoms with Crippen molar-refractivity contribution in [2.45, 2.75) is 48.3 Å². The van der Waals surface area contributed by atoms with Gasteiger partial charge in [0, 0.05) is 42.4 Å². The number of unbranched alkanes of at least 4 members (excludes halogenated alkanes) is 2. The molecule has 0 unspecified atom stereocenters. The average Bonchev–Trinajstić information content (AvgIpc) is 3.16. The van der Waals surface area contributed by atoms with E-state index in [1.54, 1.807) is 7.05 Å². The number of nitrogens with one attached hydrogen (secondary N) is 4. The first-order valence-corrected chi connectivity index (χ1v) is 19.6. The Morgan fingerprint density at radius 3 is 1.72 bits per heavy atom. The highest BCUT2D eigenvalue weighted by molar-refractivity contribution is 7.99. The number of rotatable bonds is 21. The number of halogens is 2. The SMILES string of the molecule is CNC(=O)CCCCN.NCCCCC(=O)Nc1cc(F)cc(NC(=O)c2cc(C(=O)Nc3cc(F)ccc3SCCN=C(N)N)ncn2)c1SCCN=C(N)N. The lowest BCUT2D eigenvalue weighted by Gasteiger charge is -2.16. The van der Waals surface area contributed by atoms with Gasteiger partial charge in [0.05, 0.1) is 35.0 Å². The summed E-state index contributed by atoms with van der Waals surface area (Å²) in [6, 6.07) is 7.21. The van der Waals surface area contributed by atoms with Crippen LogP contribution in [-0.2, 0) is 9.59 Å². The molecule has 310 valence electrons. The molecule has 0 fully saturated rings. The van der Waals surface area contributed by atoms with Crippen molar-refractivity contribution in [2.24, 2.45) is 44.4 Å². The zero-order chi connectivity index (χ0) is 42.2. The molecule has 3 aromatic rings. The van der Waals surface area contributed by atoms with Crippen LogP contribution < -0.4 is 55.7 Å². The molecule has 2 aromatic carbocycles. The van der Waals surface area contributed by atoms with Gasteiger partial charge < -0.3 is 55.7 Å². The highest BCUT2D eigenvalue weighted by Crippen LogP contribution is 2.36. The minimum absolute atomic E-state index is 0.0266. The van der Waals surface area contributed by atoms with Crippen molar-refractivity contribution in [3.8, 4) is 0 Å². The van der Waals surface area contributed by atoms with Crippen LogP contribution in [0.15, 0.2) is 62.5 Å². The van der Waals surface area contributed by atoms with Gasteiger partial charge in [-0.2, -0.15) is 0 Å². The fourth-order valence-corrected chi connectivity index (χ4v) is 6.24. The highest BCUT2D eigenvalue weighted by atomic mass is 32.2. The minimum atomic E-state index is -0.801. The normalized spacial score (nSPS) is 10.3. The molecule has 4 amide bonds. The Kier molecular flexibility index (Phi) is 22.0. The van der Waals surface area contributed by atoms with Gasteiger partial charge in [0.15, 0.2) is 11.9 Å². The standard InChI is InChI=1S/C29H36F2N12O3S2.C6H14N2O/c30-16-4-5-23(47-9-7-37-28(33)34)18(11-16)42-26(45)21-14-22(40-15-39-21)27(46)43-20-13-17(31)12-19(41-24(44)3-1-2-6-32)25(20)48-10-8-38-29(35)36;1-8-6(9)4-2-3-5-7/h4-5,11-15H,1-3,6-10,32H2,(H,41,44)(H,42,45)(H,43,46)(H4,33,34,37)(H4,35,36,38);2-5,7H2,1H3,(H,8,9). The second-order valence-electron chi connectivity index (χ2n) is 11.7. The molecular weight excluding hydrogens is 783 g/mol. The first kappa shape index (κ1) is 47.6. The Morgan fingerprint density at radius 2 is 1.18 bits per heavy atom. The van der Waals surface area contributed by atoms with Crippen LogP contribution in [0, 0.1) is 11.6 Å². The van der Waals surface area contributed by atoms with Crippen LogP contribution in [0.5, 0.6) is 0 Å². The molecule has 3 rings (SSSR count). The average molecular weight is 833 g/mol. The summed E-state index contributed by atoms with van der Waals surface area (Å²) in [4.78, 5) is 66.2. The van der Waals surface area contributed by atoms with Crippen molar-refractivity contribution in [3.63, 3.8) is 0 Å². The van der Waals surface area contributed by atoms with E-state index < -0.39 is 23.4 Å². The summed E-state index contributed by atoms with van der Waals surface area (Å²) < 4.78 is 28.8. The smallest absolute Gasteiger partial charge is 0.274 e. The van der Waals surface area contributed by atoms with E-state index in [2.05, 4.69) is 41.2 Å². The van der Waals surface area contributed by atoms with Gasteiger partial charge in [-0.05, 0) is 69.1 Å². The number of nitrogens with two attached hydrogens (primary N) is 6. The Hall–Kier alpha value is -5.58. The number of anilines is 3. The summed E-state index contributed by atoms with van der Waals surface area (Å²) in [5.74, 6) is -2.56. The zero-order valence-corrected chi connectivity index (χ0v) is 33.1. The second-order valence-corrected chi connectivity index (χ2v) is 13.9. The third-order valence-corrected chi connectivity index (χ3v) is 9.34. The summed E-state index contributed by atoms with van der Waals surface area (Å²) in [6.45, 7) is 1.60. The number of carbonyl (C=O) groups is 4. The van der Waals surface area contributed by atoms with E-state index in [-0.39, 0.29) is 65.1 Å². The van der Waals surface area contributed by atoms with Crippen molar-refractivity contribution < 1.29 is 28.0 Å². The van der Waals surface area contributed by atoms with Crippen LogP contribution in [0.3, 0.4) is 0 Å². The molecule has 0 saturated carbocycles. The number of carbonyl (C=O) groups excluding carboxylic acids is 4. The third kappa shape index (κ3) is 18.7. The fourth-order valence-electron chi connectivity index (χ4n) is 4.49. The summed E-state index contributed by atoms with van der Waals surface area (Å²) >= 11 is 2.45. The van der Waals surface area contributed by atoms with E-state index >= 15 is 0 Å². The maximum absolute atomic E-state index is 14.8. The summed E-state index contributed by atoms with van der Waals surface area (Å²) in [7, 11) is 1.64. The molecule has 18 nitrogen and oxygen atoms in total. The topological polar surface area (TPSA) is 323 Å². The summed E-state index contributed by atoms with van der Waals surface area (Å²) in [5, 5.41) is 10.4. The van der Waals surface area contributed by atoms with Crippen molar-refractivity contribution in [3.05, 3.63) is 65.7 Å². The number of guanidine groups is 2. The molecule has 1 heterocycles. The number of nitrogens with zero attached hydrogens (tertiary/aromatic N) is 4. The first-order chi connectivity index (χ1) is 27.3. The van der Waals surface area contributed by atoms with Crippen molar-refractivity contribution in [2.75, 3.05) is 60.7 Å². The molecule has 0 aliphatic heterocycles. The number of hydrogen-bond acceptors (Lipinski definition) is 12. The molecule has 16 N–H and O–H groups in total. The van der Waals surface area contributed by atoms with Crippen LogP contribution in [0.25, 0.3) is 0 Å². The van der Waals surface area contributed by atoms with E-state index in [9.17, 15) is 28.0 Å². The van der Waals surface area contributed by atoms with Gasteiger partial charge in [0.2, 0.25) is 11.8 Å². The quantitative estimate of drug-likeness (QED) is 0.0317. The van der Waals surface area contributed by atoms with Crippen LogP contribution in [0.2, 0.25) is 0 Å². The number of benzene rings is 2. The zero-order valence-electron chi connectivity index (χ0n) is 31.5. The second kappa shape index (κ2) is 26.3. The highest BCUT2D eigenvalue weighted by Gasteiger charge is 2.20. The van der Waals surface area contributed by atoms with Crippen LogP contribution in [-0.4, -0.2) is 90.2 Å². The lowest BCUT2D eigenvalue weighted by Crippen LogP contribution is -2.23. The number of thioether (sulfide) groups is 2. The fraction of sp³-hybridized carbons (Fsp3) is 0.371. The molecule has 0 radical (unpaired) electrons. The van der Waals surface area contributed by atoms with E-state index in [4.69, 9.17) is 34.4 Å². The van der Waals surface area contributed by atoms with Crippen LogP contribution in [0.1, 0.15) is 59.5 Å². The molecule has 0 bridgehead atoms. The van der Waals surface area contributed by atoms with E-state index in [0.717, 1.165) is 43.4 Å². The number of hydrogen-bond donors (Lipinski definition) is 10. The van der Waals surface area contributed by atoms with Gasteiger partial charge in [-0.3, -0.25) is 29.2 Å². The minimum Gasteiger partial charge on any atom is -0.370 e. The maximum Gasteiger partial charge on any atom is 0.274 e. The van der Waals surface area contributed by atoms with Crippen molar-refractivity contribution in [1.82, 2.24) is 15.3 Å². The Morgan fingerprint density at radius 1 is 0.667 bits per heavy atom. The van der Waals surface area contributed by atoms with E-state index in [1.807, 2.05) is 0 Å². The Labute approximate surface area is 337 Å². The molecule has 0 saturated heterocycles. The predicted octanol–water partition coefficient (Wildman–Crippen LogP) is 1.92. The number of amides is 4. The Bertz CT molecular complexity index is 1860. The third-order valence-electron chi connectivity index (χ3n) is 7.17. The summed E-state index contributed by atoms with van der Waals surface area (Å²) in [6.07, 6.45) is 4.78. The van der Waals surface area contributed by atoms with E-state index in [0.29, 0.717) is 60.2 Å². The monoisotopic (exact) mass is 832 g/mol. The van der Waals surface area contributed by atoms with Gasteiger partial charge >= 0.3 is 0 Å². The molecule has 22 heteroatoms.